The minimum absolute atomic E-state index is 0.135. The van der Waals surface area contributed by atoms with Gasteiger partial charge in [-0.05, 0) is 50.6 Å². The van der Waals surface area contributed by atoms with Crippen molar-refractivity contribution in [3.05, 3.63) is 60.2 Å². The molecule has 0 saturated heterocycles. The molecule has 2 N–H and O–H groups in total. The van der Waals surface area contributed by atoms with Crippen LogP contribution in [0, 0.1) is 0 Å². The highest BCUT2D eigenvalue weighted by Gasteiger charge is 2.16. The molecule has 0 atom stereocenters. The van der Waals surface area contributed by atoms with Gasteiger partial charge in [0.1, 0.15) is 23.6 Å². The maximum atomic E-state index is 11.8. The van der Waals surface area contributed by atoms with Crippen LogP contribution in [0.2, 0.25) is 0 Å². The average molecular weight is 356 g/mol. The molecule has 2 rings (SSSR count). The summed E-state index contributed by atoms with van der Waals surface area (Å²) in [5.41, 5.74) is 0.334. The summed E-state index contributed by atoms with van der Waals surface area (Å²) >= 11 is 0. The van der Waals surface area contributed by atoms with Crippen molar-refractivity contribution in [1.29, 1.82) is 0 Å². The zero-order valence-electron chi connectivity index (χ0n) is 15.2. The molecule has 0 bridgehead atoms. The number of carbonyl (C=O) groups is 2. The fourth-order valence-electron chi connectivity index (χ4n) is 2.03. The molecule has 0 heterocycles. The molecule has 26 heavy (non-hydrogen) atoms. The number of carbonyl (C=O) groups excluding carboxylic acids is 2. The molecule has 138 valence electrons. The number of ether oxygens (including phenoxy) is 2. The average Bonchev–Trinajstić information content (AvgIpc) is 2.59. The summed E-state index contributed by atoms with van der Waals surface area (Å²) in [6.45, 7) is 5.51. The van der Waals surface area contributed by atoms with Gasteiger partial charge in [-0.1, -0.05) is 30.3 Å². The van der Waals surface area contributed by atoms with Gasteiger partial charge in [-0.2, -0.15) is 0 Å². The summed E-state index contributed by atoms with van der Waals surface area (Å²) in [4.78, 5) is 23.3. The molecule has 0 unspecified atom stereocenters. The molecule has 6 nitrogen and oxygen atoms in total. The molecule has 0 saturated carbocycles. The Morgan fingerprint density at radius 1 is 0.885 bits per heavy atom. The lowest BCUT2D eigenvalue weighted by Gasteiger charge is -2.19. The quantitative estimate of drug-likeness (QED) is 0.829. The van der Waals surface area contributed by atoms with E-state index in [0.29, 0.717) is 6.54 Å². The summed E-state index contributed by atoms with van der Waals surface area (Å²) in [7, 11) is 0. The number of hydrogen-bond acceptors (Lipinski definition) is 4. The van der Waals surface area contributed by atoms with Crippen LogP contribution in [-0.2, 0) is 16.1 Å². The first kappa shape index (κ1) is 19.3. The van der Waals surface area contributed by atoms with Crippen LogP contribution < -0.4 is 15.4 Å². The van der Waals surface area contributed by atoms with Crippen LogP contribution >= 0.6 is 0 Å². The molecule has 0 aliphatic heterocycles. The number of rotatable bonds is 6. The highest BCUT2D eigenvalue weighted by atomic mass is 16.6. The molecule has 0 aliphatic carbocycles. The van der Waals surface area contributed by atoms with Gasteiger partial charge in [0, 0.05) is 6.54 Å². The first-order valence-electron chi connectivity index (χ1n) is 8.37. The lowest BCUT2D eigenvalue weighted by atomic mass is 10.2. The third kappa shape index (κ3) is 7.25. The van der Waals surface area contributed by atoms with Crippen molar-refractivity contribution in [2.75, 3.05) is 6.54 Å². The third-order valence-electron chi connectivity index (χ3n) is 3.18. The van der Waals surface area contributed by atoms with Crippen LogP contribution in [0.15, 0.2) is 54.6 Å². The Kier molecular flexibility index (Phi) is 6.60. The molecule has 0 aliphatic rings. The summed E-state index contributed by atoms with van der Waals surface area (Å²) in [5.74, 6) is 1.19. The zero-order chi connectivity index (χ0) is 19.0. The minimum Gasteiger partial charge on any atom is -0.457 e. The fourth-order valence-corrected chi connectivity index (χ4v) is 2.03. The maximum Gasteiger partial charge on any atom is 0.408 e. The van der Waals surface area contributed by atoms with Gasteiger partial charge in [0.15, 0.2) is 0 Å². The minimum atomic E-state index is -0.616. The third-order valence-corrected chi connectivity index (χ3v) is 3.18. The Morgan fingerprint density at radius 2 is 1.50 bits per heavy atom. The predicted octanol–water partition coefficient (Wildman–Crippen LogP) is 3.62. The van der Waals surface area contributed by atoms with Gasteiger partial charge in [0.2, 0.25) is 5.91 Å². The number of nitrogens with one attached hydrogen (secondary N) is 2. The van der Waals surface area contributed by atoms with E-state index in [1.54, 1.807) is 20.8 Å². The molecule has 0 spiro atoms. The van der Waals surface area contributed by atoms with Gasteiger partial charge in [0.25, 0.3) is 0 Å². The first-order valence-corrected chi connectivity index (χ1v) is 8.37. The highest BCUT2D eigenvalue weighted by Crippen LogP contribution is 2.21. The number of para-hydroxylation sites is 1. The van der Waals surface area contributed by atoms with Crippen molar-refractivity contribution < 1.29 is 19.1 Å². The Balaban J connectivity index is 1.73. The van der Waals surface area contributed by atoms with Crippen molar-refractivity contribution in [2.24, 2.45) is 0 Å². The van der Waals surface area contributed by atoms with Crippen LogP contribution in [0.3, 0.4) is 0 Å². The highest BCUT2D eigenvalue weighted by molar-refractivity contribution is 5.82. The molecule has 0 fully saturated rings. The zero-order valence-corrected chi connectivity index (χ0v) is 15.2. The lowest BCUT2D eigenvalue weighted by molar-refractivity contribution is -0.120. The van der Waals surface area contributed by atoms with Crippen molar-refractivity contribution >= 4 is 12.0 Å². The van der Waals surface area contributed by atoms with E-state index < -0.39 is 11.7 Å². The fraction of sp³-hybridized carbons (Fsp3) is 0.300. The normalized spacial score (nSPS) is 10.7. The molecule has 2 aromatic rings. The molecule has 2 amide bonds. The van der Waals surface area contributed by atoms with Crippen LogP contribution in [0.1, 0.15) is 26.3 Å². The van der Waals surface area contributed by atoms with Gasteiger partial charge in [-0.15, -0.1) is 0 Å². The van der Waals surface area contributed by atoms with Gasteiger partial charge in [-0.25, -0.2) is 4.79 Å². The maximum absolute atomic E-state index is 11.8. The summed E-state index contributed by atoms with van der Waals surface area (Å²) in [6.07, 6.45) is -0.616. The number of hydrogen-bond donors (Lipinski definition) is 2. The Hall–Kier alpha value is -3.02. The molecular formula is C20H24N2O4. The first-order chi connectivity index (χ1) is 12.3. The second-order valence-electron chi connectivity index (χ2n) is 6.69. The molecule has 6 heteroatoms. The van der Waals surface area contributed by atoms with E-state index in [4.69, 9.17) is 9.47 Å². The smallest absolute Gasteiger partial charge is 0.408 e. The standard InChI is InChI=1S/C20H24N2O4/c1-20(2,3)26-19(24)22-14-18(23)21-13-15-9-11-17(12-10-15)25-16-7-5-4-6-8-16/h4-12H,13-14H2,1-3H3,(H,21,23)(H,22,24). The van der Waals surface area contributed by atoms with E-state index in [1.165, 1.54) is 0 Å². The summed E-state index contributed by atoms with van der Waals surface area (Å²) in [6, 6.07) is 16.9. The predicted molar refractivity (Wildman–Crippen MR) is 99.0 cm³/mol. The van der Waals surface area contributed by atoms with Crippen molar-refractivity contribution in [3.63, 3.8) is 0 Å². The Labute approximate surface area is 153 Å². The van der Waals surface area contributed by atoms with Crippen LogP contribution in [0.25, 0.3) is 0 Å². The molecule has 0 aromatic heterocycles. The molecule has 2 aromatic carbocycles. The second kappa shape index (κ2) is 8.89. The number of alkyl carbamates (subject to hydrolysis) is 1. The van der Waals surface area contributed by atoms with Gasteiger partial charge < -0.3 is 20.1 Å². The van der Waals surface area contributed by atoms with Crippen molar-refractivity contribution in [1.82, 2.24) is 10.6 Å². The van der Waals surface area contributed by atoms with E-state index in [1.807, 2.05) is 54.6 Å². The largest absolute Gasteiger partial charge is 0.457 e. The number of benzene rings is 2. The lowest BCUT2D eigenvalue weighted by Crippen LogP contribution is -2.39. The Morgan fingerprint density at radius 3 is 2.12 bits per heavy atom. The second-order valence-corrected chi connectivity index (χ2v) is 6.69. The molecule has 0 radical (unpaired) electrons. The van der Waals surface area contributed by atoms with E-state index in [2.05, 4.69) is 10.6 Å². The molecular weight excluding hydrogens is 332 g/mol. The van der Waals surface area contributed by atoms with Crippen LogP contribution in [0.4, 0.5) is 4.79 Å². The van der Waals surface area contributed by atoms with Crippen LogP contribution in [0.5, 0.6) is 11.5 Å². The Bertz CT molecular complexity index is 722. The van der Waals surface area contributed by atoms with Gasteiger partial charge in [-0.3, -0.25) is 4.79 Å². The van der Waals surface area contributed by atoms with E-state index in [9.17, 15) is 9.59 Å². The monoisotopic (exact) mass is 356 g/mol. The van der Waals surface area contributed by atoms with E-state index in [-0.39, 0.29) is 12.5 Å². The summed E-state index contributed by atoms with van der Waals surface area (Å²) < 4.78 is 10.8. The van der Waals surface area contributed by atoms with Crippen LogP contribution in [-0.4, -0.2) is 24.1 Å². The van der Waals surface area contributed by atoms with Crippen molar-refractivity contribution in [3.8, 4) is 11.5 Å². The van der Waals surface area contributed by atoms with Gasteiger partial charge in [0.05, 0.1) is 0 Å². The SMILES string of the molecule is CC(C)(C)OC(=O)NCC(=O)NCc1ccc(Oc2ccccc2)cc1. The summed E-state index contributed by atoms with van der Waals surface area (Å²) in [5, 5.41) is 5.15. The van der Waals surface area contributed by atoms with Crippen molar-refractivity contribution in [2.45, 2.75) is 32.9 Å². The topological polar surface area (TPSA) is 76.7 Å². The van der Waals surface area contributed by atoms with Gasteiger partial charge >= 0.3 is 6.09 Å². The van der Waals surface area contributed by atoms with E-state index in [0.717, 1.165) is 17.1 Å². The van der Waals surface area contributed by atoms with E-state index >= 15 is 0 Å². The number of amides is 2.